The number of carbonyl (C=O) groups excluding carboxylic acids is 3. The van der Waals surface area contributed by atoms with Crippen LogP contribution in [-0.2, 0) is 28.6 Å². The van der Waals surface area contributed by atoms with E-state index < -0.39 is 24.4 Å². The summed E-state index contributed by atoms with van der Waals surface area (Å²) in [4.78, 5) is 34.5. The standard InChI is InChI=1S/C18H26O6/c1-7-16(19)12(4)22-10-15(24-14(6)18(21)9-3)11-23-13(5)17(20)8-2/h7-9,12-15H,1-3,10-11H2,4-6H3. The SMILES string of the molecule is C=CC(=O)C(C)OCC(COC(C)C(=O)C=C)OC(C)C(=O)C=C. The van der Waals surface area contributed by atoms with Crippen molar-refractivity contribution in [2.75, 3.05) is 13.2 Å². The first kappa shape index (κ1) is 22.1. The highest BCUT2D eigenvalue weighted by Gasteiger charge is 2.22. The second-order valence-corrected chi connectivity index (χ2v) is 5.17. The number of ketones is 3. The van der Waals surface area contributed by atoms with Crippen molar-refractivity contribution < 1.29 is 28.6 Å². The van der Waals surface area contributed by atoms with Crippen LogP contribution in [0.4, 0.5) is 0 Å². The Morgan fingerprint density at radius 2 is 1.08 bits per heavy atom. The summed E-state index contributed by atoms with van der Waals surface area (Å²) >= 11 is 0. The molecule has 0 fully saturated rings. The largest absolute Gasteiger partial charge is 0.368 e. The van der Waals surface area contributed by atoms with Gasteiger partial charge in [0.1, 0.15) is 24.4 Å². The van der Waals surface area contributed by atoms with Gasteiger partial charge in [0.2, 0.25) is 0 Å². The molecule has 0 aliphatic carbocycles. The van der Waals surface area contributed by atoms with Crippen LogP contribution in [0.3, 0.4) is 0 Å². The molecule has 0 saturated heterocycles. The van der Waals surface area contributed by atoms with Gasteiger partial charge in [-0.1, -0.05) is 19.7 Å². The van der Waals surface area contributed by atoms with Crippen LogP contribution >= 0.6 is 0 Å². The van der Waals surface area contributed by atoms with E-state index >= 15 is 0 Å². The summed E-state index contributed by atoms with van der Waals surface area (Å²) < 4.78 is 16.4. The molecule has 0 aromatic heterocycles. The fourth-order valence-corrected chi connectivity index (χ4v) is 1.65. The van der Waals surface area contributed by atoms with Gasteiger partial charge < -0.3 is 14.2 Å². The first-order valence-corrected chi connectivity index (χ1v) is 7.64. The number of rotatable bonds is 14. The molecule has 0 aromatic carbocycles. The van der Waals surface area contributed by atoms with Crippen LogP contribution in [0.1, 0.15) is 20.8 Å². The van der Waals surface area contributed by atoms with Crippen LogP contribution in [0.15, 0.2) is 38.0 Å². The monoisotopic (exact) mass is 338 g/mol. The third-order valence-corrected chi connectivity index (χ3v) is 3.27. The van der Waals surface area contributed by atoms with Crippen LogP contribution in [0.2, 0.25) is 0 Å². The van der Waals surface area contributed by atoms with Gasteiger partial charge in [0, 0.05) is 0 Å². The van der Waals surface area contributed by atoms with Crippen LogP contribution < -0.4 is 0 Å². The summed E-state index contributed by atoms with van der Waals surface area (Å²) in [6.07, 6.45) is 0.756. The van der Waals surface area contributed by atoms with Gasteiger partial charge in [0.05, 0.1) is 13.2 Å². The topological polar surface area (TPSA) is 78.9 Å². The molecular weight excluding hydrogens is 312 g/mol. The molecule has 24 heavy (non-hydrogen) atoms. The van der Waals surface area contributed by atoms with Gasteiger partial charge in [-0.05, 0) is 39.0 Å². The second kappa shape index (κ2) is 11.6. The minimum absolute atomic E-state index is 0.0184. The van der Waals surface area contributed by atoms with Crippen molar-refractivity contribution in [1.82, 2.24) is 0 Å². The van der Waals surface area contributed by atoms with Crippen molar-refractivity contribution in [3.8, 4) is 0 Å². The van der Waals surface area contributed by atoms with Gasteiger partial charge in [-0.15, -0.1) is 0 Å². The lowest BCUT2D eigenvalue weighted by atomic mass is 10.2. The van der Waals surface area contributed by atoms with Crippen molar-refractivity contribution in [2.45, 2.75) is 45.2 Å². The molecule has 0 aromatic rings. The van der Waals surface area contributed by atoms with Crippen molar-refractivity contribution >= 4 is 17.3 Å². The highest BCUT2D eigenvalue weighted by Crippen LogP contribution is 2.07. The molecule has 0 N–H and O–H groups in total. The molecule has 0 radical (unpaired) electrons. The highest BCUT2D eigenvalue weighted by molar-refractivity contribution is 5.93. The number of carbonyl (C=O) groups is 3. The van der Waals surface area contributed by atoms with Gasteiger partial charge in [-0.2, -0.15) is 0 Å². The number of hydrogen-bond donors (Lipinski definition) is 0. The maximum atomic E-state index is 11.6. The summed E-state index contributed by atoms with van der Waals surface area (Å²) in [5.74, 6) is -0.814. The van der Waals surface area contributed by atoms with Gasteiger partial charge in [-0.3, -0.25) is 14.4 Å². The Balaban J connectivity index is 4.75. The summed E-state index contributed by atoms with van der Waals surface area (Å²) in [6.45, 7) is 15.0. The molecule has 0 amide bonds. The summed E-state index contributed by atoms with van der Waals surface area (Å²) in [5, 5.41) is 0. The Morgan fingerprint density at radius 1 is 0.750 bits per heavy atom. The smallest absolute Gasteiger partial charge is 0.183 e. The van der Waals surface area contributed by atoms with Crippen LogP contribution in [0.25, 0.3) is 0 Å². The summed E-state index contributed by atoms with van der Waals surface area (Å²) in [5.41, 5.74) is 0. The van der Waals surface area contributed by atoms with Crippen molar-refractivity contribution in [2.24, 2.45) is 0 Å². The molecule has 0 aliphatic heterocycles. The average molecular weight is 338 g/mol. The van der Waals surface area contributed by atoms with Crippen LogP contribution in [-0.4, -0.2) is 55.0 Å². The van der Waals surface area contributed by atoms with E-state index in [9.17, 15) is 14.4 Å². The quantitative estimate of drug-likeness (QED) is 0.450. The first-order chi connectivity index (χ1) is 11.3. The fourth-order valence-electron chi connectivity index (χ4n) is 1.65. The minimum Gasteiger partial charge on any atom is -0.368 e. The fraction of sp³-hybridized carbons (Fsp3) is 0.500. The molecule has 0 aliphatic rings. The third-order valence-electron chi connectivity index (χ3n) is 3.27. The Morgan fingerprint density at radius 3 is 1.42 bits per heavy atom. The number of hydrogen-bond acceptors (Lipinski definition) is 6. The second-order valence-electron chi connectivity index (χ2n) is 5.17. The lowest BCUT2D eigenvalue weighted by molar-refractivity contribution is -0.146. The molecule has 3 unspecified atom stereocenters. The van der Waals surface area contributed by atoms with Crippen molar-refractivity contribution in [1.29, 1.82) is 0 Å². The zero-order chi connectivity index (χ0) is 18.7. The van der Waals surface area contributed by atoms with Gasteiger partial charge >= 0.3 is 0 Å². The third kappa shape index (κ3) is 8.10. The predicted octanol–water partition coefficient (Wildman–Crippen LogP) is 1.84. The number of ether oxygens (including phenoxy) is 3. The Labute approximate surface area is 143 Å². The van der Waals surface area contributed by atoms with Crippen molar-refractivity contribution in [3.63, 3.8) is 0 Å². The molecule has 6 nitrogen and oxygen atoms in total. The predicted molar refractivity (Wildman–Crippen MR) is 90.8 cm³/mol. The molecule has 0 spiro atoms. The summed E-state index contributed by atoms with van der Waals surface area (Å²) in [7, 11) is 0. The lowest BCUT2D eigenvalue weighted by Crippen LogP contribution is -2.36. The van der Waals surface area contributed by atoms with Gasteiger partial charge in [-0.25, -0.2) is 0 Å². The first-order valence-electron chi connectivity index (χ1n) is 7.64. The van der Waals surface area contributed by atoms with Gasteiger partial charge in [0.25, 0.3) is 0 Å². The van der Waals surface area contributed by atoms with Gasteiger partial charge in [0.15, 0.2) is 17.3 Å². The minimum atomic E-state index is -0.740. The van der Waals surface area contributed by atoms with Crippen LogP contribution in [0.5, 0.6) is 0 Å². The molecule has 0 heterocycles. The van der Waals surface area contributed by atoms with E-state index in [0.29, 0.717) is 0 Å². The Bertz CT molecular complexity index is 452. The molecular formula is C18H26O6. The molecule has 3 atom stereocenters. The summed E-state index contributed by atoms with van der Waals surface area (Å²) in [6, 6.07) is 0. The van der Waals surface area contributed by atoms with E-state index in [1.807, 2.05) is 0 Å². The maximum absolute atomic E-state index is 11.6. The van der Waals surface area contributed by atoms with E-state index in [0.717, 1.165) is 6.08 Å². The molecule has 0 rings (SSSR count). The normalized spacial score (nSPS) is 15.6. The van der Waals surface area contributed by atoms with E-state index in [1.54, 1.807) is 20.8 Å². The van der Waals surface area contributed by atoms with Crippen molar-refractivity contribution in [3.05, 3.63) is 38.0 Å². The lowest BCUT2D eigenvalue weighted by Gasteiger charge is -2.23. The van der Waals surface area contributed by atoms with Crippen LogP contribution in [0, 0.1) is 0 Å². The zero-order valence-corrected chi connectivity index (χ0v) is 14.5. The Hall–Kier alpha value is -1.89. The molecule has 134 valence electrons. The van der Waals surface area contributed by atoms with E-state index in [-0.39, 0.29) is 30.6 Å². The molecule has 0 bridgehead atoms. The maximum Gasteiger partial charge on any atom is 0.183 e. The Kier molecular flexibility index (Phi) is 10.7. The highest BCUT2D eigenvalue weighted by atomic mass is 16.6. The van der Waals surface area contributed by atoms with E-state index in [2.05, 4.69) is 19.7 Å². The molecule has 6 heteroatoms. The zero-order valence-electron chi connectivity index (χ0n) is 14.5. The van der Waals surface area contributed by atoms with E-state index in [1.165, 1.54) is 12.2 Å². The average Bonchev–Trinajstić information content (AvgIpc) is 2.60. The van der Waals surface area contributed by atoms with E-state index in [4.69, 9.17) is 14.2 Å². The molecule has 0 saturated carbocycles.